The molecule has 1 fully saturated rings. The van der Waals surface area contributed by atoms with Crippen LogP contribution in [0.15, 0.2) is 48.7 Å². The van der Waals surface area contributed by atoms with Crippen LogP contribution in [0.4, 0.5) is 13.2 Å². The van der Waals surface area contributed by atoms with Crippen LogP contribution in [-0.2, 0) is 12.6 Å². The molecule has 0 spiro atoms. The van der Waals surface area contributed by atoms with E-state index in [9.17, 15) is 13.2 Å². The first kappa shape index (κ1) is 21.6. The van der Waals surface area contributed by atoms with Gasteiger partial charge in [-0.3, -0.25) is 0 Å². The molecule has 2 aromatic carbocycles. The highest BCUT2D eigenvalue weighted by Crippen LogP contribution is 2.30. The van der Waals surface area contributed by atoms with Gasteiger partial charge in [0.25, 0.3) is 0 Å². The first-order valence-electron chi connectivity index (χ1n) is 10.6. The van der Waals surface area contributed by atoms with Gasteiger partial charge >= 0.3 is 6.18 Å². The van der Waals surface area contributed by atoms with E-state index in [1.165, 1.54) is 23.1 Å². The average Bonchev–Trinajstić information content (AvgIpc) is 3.18. The quantitative estimate of drug-likeness (QED) is 0.534. The lowest BCUT2D eigenvalue weighted by molar-refractivity contribution is -0.137. The summed E-state index contributed by atoms with van der Waals surface area (Å²) in [5, 5.41) is 1.19. The molecule has 1 aliphatic rings. The summed E-state index contributed by atoms with van der Waals surface area (Å²) >= 11 is 0. The zero-order chi connectivity index (χ0) is 21.8. The lowest BCUT2D eigenvalue weighted by Crippen LogP contribution is -2.38. The monoisotopic (exact) mass is 432 g/mol. The minimum absolute atomic E-state index is 0.374. The average molecular weight is 432 g/mol. The topological polar surface area (TPSA) is 37.5 Å². The molecule has 0 radical (unpaired) electrons. The molecule has 0 aliphatic carbocycles. The van der Waals surface area contributed by atoms with Gasteiger partial charge in [0.15, 0.2) is 0 Å². The van der Waals surface area contributed by atoms with Crippen molar-refractivity contribution < 1.29 is 22.6 Å². The Hall–Kier alpha value is -2.67. The molecule has 2 heterocycles. The van der Waals surface area contributed by atoms with Crippen molar-refractivity contribution in [1.29, 1.82) is 0 Å². The smallest absolute Gasteiger partial charge is 0.416 e. The summed E-state index contributed by atoms with van der Waals surface area (Å²) in [5.41, 5.74) is 1.73. The second-order valence-electron chi connectivity index (χ2n) is 8.12. The largest absolute Gasteiger partial charge is 0.497 e. The van der Waals surface area contributed by atoms with E-state index in [1.54, 1.807) is 7.11 Å². The van der Waals surface area contributed by atoms with Crippen molar-refractivity contribution >= 4 is 10.9 Å². The van der Waals surface area contributed by atoms with Crippen molar-refractivity contribution in [3.05, 3.63) is 59.8 Å². The van der Waals surface area contributed by atoms with Gasteiger partial charge in [-0.15, -0.1) is 0 Å². The summed E-state index contributed by atoms with van der Waals surface area (Å²) in [6.07, 6.45) is 0.862. The van der Waals surface area contributed by atoms with Crippen LogP contribution in [-0.4, -0.2) is 43.2 Å². The molecule has 1 unspecified atom stereocenters. The predicted octanol–water partition coefficient (Wildman–Crippen LogP) is 5.53. The number of rotatable bonds is 7. The molecule has 7 heteroatoms. The summed E-state index contributed by atoms with van der Waals surface area (Å²) in [5.74, 6) is 1.71. The van der Waals surface area contributed by atoms with E-state index >= 15 is 0 Å². The molecule has 3 aromatic rings. The number of halogens is 3. The first-order valence-corrected chi connectivity index (χ1v) is 10.6. The number of hydrogen-bond donors (Lipinski definition) is 1. The summed E-state index contributed by atoms with van der Waals surface area (Å²) in [6, 6.07) is 11.0. The van der Waals surface area contributed by atoms with Gasteiger partial charge in [0.1, 0.15) is 11.5 Å². The number of benzene rings is 2. The maximum Gasteiger partial charge on any atom is 0.416 e. The Bertz CT molecular complexity index is 998. The molecular formula is C24H27F3N2O2. The molecule has 1 aromatic heterocycles. The number of methoxy groups -OCH3 is 1. The van der Waals surface area contributed by atoms with Crippen molar-refractivity contribution in [2.45, 2.75) is 25.4 Å². The maximum absolute atomic E-state index is 12.7. The van der Waals surface area contributed by atoms with Crippen molar-refractivity contribution in [1.82, 2.24) is 9.88 Å². The number of fused-ring (bicyclic) bond motifs is 1. The normalized spacial score (nSPS) is 17.7. The molecule has 31 heavy (non-hydrogen) atoms. The number of nitrogens with zero attached hydrogens (tertiary/aromatic N) is 1. The Balaban J connectivity index is 1.29. The molecule has 1 aliphatic heterocycles. The van der Waals surface area contributed by atoms with Crippen LogP contribution in [0.2, 0.25) is 0 Å². The van der Waals surface area contributed by atoms with E-state index in [2.05, 4.69) is 22.1 Å². The van der Waals surface area contributed by atoms with Gasteiger partial charge in [0.05, 0.1) is 19.3 Å². The fourth-order valence-electron chi connectivity index (χ4n) is 4.21. The highest BCUT2D eigenvalue weighted by molar-refractivity contribution is 5.84. The fourth-order valence-corrected chi connectivity index (χ4v) is 4.21. The second-order valence-corrected chi connectivity index (χ2v) is 8.12. The summed E-state index contributed by atoms with van der Waals surface area (Å²) < 4.78 is 49.2. The second kappa shape index (κ2) is 9.22. The molecule has 0 saturated carbocycles. The number of likely N-dealkylation sites (tertiary alicyclic amines) is 1. The number of aromatic nitrogens is 1. The minimum Gasteiger partial charge on any atom is -0.497 e. The maximum atomic E-state index is 12.7. The number of ether oxygens (including phenoxy) is 2. The Labute approximate surface area is 180 Å². The number of piperidine rings is 1. The van der Waals surface area contributed by atoms with Crippen molar-refractivity contribution in [3.8, 4) is 11.5 Å². The molecule has 1 N–H and O–H groups in total. The van der Waals surface area contributed by atoms with Crippen molar-refractivity contribution in [2.24, 2.45) is 5.92 Å². The number of hydrogen-bond acceptors (Lipinski definition) is 3. The van der Waals surface area contributed by atoms with Gasteiger partial charge in [-0.25, -0.2) is 0 Å². The lowest BCUT2D eigenvalue weighted by Gasteiger charge is -2.32. The van der Waals surface area contributed by atoms with Crippen molar-refractivity contribution in [3.63, 3.8) is 0 Å². The number of H-pyrrole nitrogens is 1. The lowest BCUT2D eigenvalue weighted by atomic mass is 9.98. The van der Waals surface area contributed by atoms with E-state index in [-0.39, 0.29) is 0 Å². The van der Waals surface area contributed by atoms with E-state index in [0.29, 0.717) is 18.3 Å². The van der Waals surface area contributed by atoms with E-state index in [4.69, 9.17) is 9.47 Å². The van der Waals surface area contributed by atoms with Gasteiger partial charge < -0.3 is 19.4 Å². The highest BCUT2D eigenvalue weighted by Gasteiger charge is 2.30. The number of aromatic amines is 1. The molecule has 0 bridgehead atoms. The van der Waals surface area contributed by atoms with Gasteiger partial charge in [0, 0.05) is 36.1 Å². The predicted molar refractivity (Wildman–Crippen MR) is 115 cm³/mol. The van der Waals surface area contributed by atoms with Crippen LogP contribution in [0.3, 0.4) is 0 Å². The Morgan fingerprint density at radius 2 is 1.87 bits per heavy atom. The SMILES string of the molecule is COc1ccc2[nH]cc(CCN3CCCC(COc4ccc(C(F)(F)F)cc4)C3)c2c1. The Morgan fingerprint density at radius 3 is 2.61 bits per heavy atom. The standard InChI is InChI=1S/C24H27F3N2O2/c1-30-21-8-9-23-22(13-21)18(14-28-23)10-12-29-11-2-3-17(15-29)16-31-20-6-4-19(5-7-20)24(25,26)27/h4-9,13-14,17,28H,2-3,10-12,15-16H2,1H3. The zero-order valence-corrected chi connectivity index (χ0v) is 17.5. The van der Waals surface area contributed by atoms with Gasteiger partial charge in [-0.1, -0.05) is 0 Å². The third kappa shape index (κ3) is 5.34. The third-order valence-electron chi connectivity index (χ3n) is 5.94. The van der Waals surface area contributed by atoms with Crippen LogP contribution < -0.4 is 9.47 Å². The number of nitrogens with one attached hydrogen (secondary N) is 1. The summed E-state index contributed by atoms with van der Waals surface area (Å²) in [4.78, 5) is 5.77. The Kier molecular flexibility index (Phi) is 6.41. The summed E-state index contributed by atoms with van der Waals surface area (Å²) in [7, 11) is 1.67. The number of alkyl halides is 3. The van der Waals surface area contributed by atoms with E-state index in [0.717, 1.165) is 62.3 Å². The summed E-state index contributed by atoms with van der Waals surface area (Å²) in [6.45, 7) is 3.47. The van der Waals surface area contributed by atoms with Crippen molar-refractivity contribution in [2.75, 3.05) is 33.4 Å². The molecular weight excluding hydrogens is 405 g/mol. The molecule has 166 valence electrons. The minimum atomic E-state index is -4.32. The van der Waals surface area contributed by atoms with Crippen LogP contribution in [0.1, 0.15) is 24.0 Å². The fraction of sp³-hybridized carbons (Fsp3) is 0.417. The first-order chi connectivity index (χ1) is 14.9. The van der Waals surface area contributed by atoms with Gasteiger partial charge in [-0.2, -0.15) is 13.2 Å². The Morgan fingerprint density at radius 1 is 1.10 bits per heavy atom. The third-order valence-corrected chi connectivity index (χ3v) is 5.94. The molecule has 0 amide bonds. The van der Waals surface area contributed by atoms with Crippen LogP contribution in [0.5, 0.6) is 11.5 Å². The van der Waals surface area contributed by atoms with E-state index < -0.39 is 11.7 Å². The molecule has 4 nitrogen and oxygen atoms in total. The molecule has 4 rings (SSSR count). The molecule has 1 saturated heterocycles. The molecule has 1 atom stereocenters. The van der Waals surface area contributed by atoms with Gasteiger partial charge in [-0.05, 0) is 73.8 Å². The van der Waals surface area contributed by atoms with Crippen LogP contribution in [0, 0.1) is 5.92 Å². The van der Waals surface area contributed by atoms with Crippen LogP contribution >= 0.6 is 0 Å². The zero-order valence-electron chi connectivity index (χ0n) is 17.5. The highest BCUT2D eigenvalue weighted by atomic mass is 19.4. The van der Waals surface area contributed by atoms with E-state index in [1.807, 2.05) is 12.1 Å². The van der Waals surface area contributed by atoms with Crippen LogP contribution in [0.25, 0.3) is 10.9 Å². The van der Waals surface area contributed by atoms with Gasteiger partial charge in [0.2, 0.25) is 0 Å².